The number of amides is 1. The average Bonchev–Trinajstić information content (AvgIpc) is 3.44. The average molecular weight is 479 g/mol. The molecule has 31 heavy (non-hydrogen) atoms. The number of thioether (sulfide) groups is 1. The summed E-state index contributed by atoms with van der Waals surface area (Å²) in [7, 11) is 0. The smallest absolute Gasteiger partial charge is 0.341 e. The zero-order chi connectivity index (χ0) is 22.5. The van der Waals surface area contributed by atoms with Crippen LogP contribution in [0.3, 0.4) is 0 Å². The first-order chi connectivity index (χ1) is 14.9. The lowest BCUT2D eigenvalue weighted by molar-refractivity contribution is -0.113. The third kappa shape index (κ3) is 5.19. The monoisotopic (exact) mass is 478 g/mol. The molecule has 1 amide bonds. The normalized spacial score (nSPS) is 11.0. The highest BCUT2D eigenvalue weighted by molar-refractivity contribution is 7.99. The number of nitrogens with zero attached hydrogens (tertiary/aromatic N) is 3. The largest absolute Gasteiger partial charge is 0.462 e. The molecular formula is C21H26N4O3S3. The molecule has 166 valence electrons. The second-order valence-electron chi connectivity index (χ2n) is 6.75. The minimum Gasteiger partial charge on any atom is -0.462 e. The Kier molecular flexibility index (Phi) is 7.90. The lowest BCUT2D eigenvalue weighted by Gasteiger charge is -2.08. The predicted molar refractivity (Wildman–Crippen MR) is 127 cm³/mol. The molecule has 0 fully saturated rings. The van der Waals surface area contributed by atoms with Crippen LogP contribution < -0.4 is 5.32 Å². The van der Waals surface area contributed by atoms with Crippen molar-refractivity contribution in [3.05, 3.63) is 32.3 Å². The van der Waals surface area contributed by atoms with Crippen LogP contribution in [0, 0.1) is 13.8 Å². The molecular weight excluding hydrogens is 452 g/mol. The molecule has 0 saturated heterocycles. The molecule has 0 aromatic carbocycles. The zero-order valence-corrected chi connectivity index (χ0v) is 20.7. The van der Waals surface area contributed by atoms with Gasteiger partial charge < -0.3 is 14.6 Å². The summed E-state index contributed by atoms with van der Waals surface area (Å²) in [5.41, 5.74) is 2.32. The van der Waals surface area contributed by atoms with Crippen LogP contribution >= 0.6 is 34.4 Å². The van der Waals surface area contributed by atoms with Crippen molar-refractivity contribution in [3.63, 3.8) is 0 Å². The summed E-state index contributed by atoms with van der Waals surface area (Å²) in [6.45, 7) is 10.7. The molecule has 0 bridgehead atoms. The summed E-state index contributed by atoms with van der Waals surface area (Å²) in [6, 6.07) is 2.14. The van der Waals surface area contributed by atoms with Crippen molar-refractivity contribution in [2.24, 2.45) is 0 Å². The maximum Gasteiger partial charge on any atom is 0.341 e. The van der Waals surface area contributed by atoms with Crippen molar-refractivity contribution in [3.8, 4) is 11.4 Å². The Morgan fingerprint density at radius 2 is 2.00 bits per heavy atom. The van der Waals surface area contributed by atoms with Crippen LogP contribution in [0.25, 0.3) is 11.4 Å². The Bertz CT molecular complexity index is 1080. The van der Waals surface area contributed by atoms with Gasteiger partial charge in [0.15, 0.2) is 11.0 Å². The molecule has 0 saturated carbocycles. The zero-order valence-electron chi connectivity index (χ0n) is 18.3. The first-order valence-corrected chi connectivity index (χ1v) is 12.8. The van der Waals surface area contributed by atoms with Crippen molar-refractivity contribution in [2.75, 3.05) is 17.7 Å². The van der Waals surface area contributed by atoms with E-state index in [1.54, 1.807) is 18.3 Å². The van der Waals surface area contributed by atoms with Gasteiger partial charge in [-0.25, -0.2) is 4.79 Å². The molecule has 0 aliphatic heterocycles. The lowest BCUT2D eigenvalue weighted by atomic mass is 10.1. The highest BCUT2D eigenvalue weighted by Gasteiger charge is 2.22. The fourth-order valence-electron chi connectivity index (χ4n) is 3.03. The molecule has 3 aromatic rings. The summed E-state index contributed by atoms with van der Waals surface area (Å²) >= 11 is 4.43. The van der Waals surface area contributed by atoms with Crippen molar-refractivity contribution in [1.82, 2.24) is 14.8 Å². The van der Waals surface area contributed by atoms with Gasteiger partial charge in [-0.05, 0) is 45.7 Å². The van der Waals surface area contributed by atoms with E-state index in [-0.39, 0.29) is 18.3 Å². The van der Waals surface area contributed by atoms with Gasteiger partial charge >= 0.3 is 5.97 Å². The van der Waals surface area contributed by atoms with E-state index >= 15 is 0 Å². The highest BCUT2D eigenvalue weighted by atomic mass is 32.2. The molecule has 10 heteroatoms. The molecule has 0 unspecified atom stereocenters. The van der Waals surface area contributed by atoms with Crippen LogP contribution in [0.1, 0.15) is 46.4 Å². The highest BCUT2D eigenvalue weighted by Crippen LogP contribution is 2.33. The molecule has 3 aromatic heterocycles. The van der Waals surface area contributed by atoms with E-state index in [0.717, 1.165) is 28.2 Å². The number of nitrogens with one attached hydrogen (secondary N) is 1. The number of aromatic nitrogens is 3. The number of carbonyl (C=O) groups is 2. The summed E-state index contributed by atoms with van der Waals surface area (Å²) < 4.78 is 7.17. The van der Waals surface area contributed by atoms with Gasteiger partial charge in [-0.3, -0.25) is 4.79 Å². The van der Waals surface area contributed by atoms with Crippen molar-refractivity contribution >= 4 is 51.3 Å². The molecule has 1 N–H and O–H groups in total. The molecule has 0 spiro atoms. The molecule has 0 aliphatic rings. The van der Waals surface area contributed by atoms with E-state index in [0.29, 0.717) is 22.3 Å². The molecule has 7 nitrogen and oxygen atoms in total. The van der Waals surface area contributed by atoms with Gasteiger partial charge in [-0.15, -0.1) is 32.9 Å². The minimum atomic E-state index is -0.412. The van der Waals surface area contributed by atoms with Crippen molar-refractivity contribution in [2.45, 2.75) is 52.7 Å². The van der Waals surface area contributed by atoms with Crippen LogP contribution in [0.15, 0.2) is 16.6 Å². The Labute approximate surface area is 194 Å². The first-order valence-electron chi connectivity index (χ1n) is 10.1. The van der Waals surface area contributed by atoms with Crippen LogP contribution in [0.2, 0.25) is 0 Å². The quantitative estimate of drug-likeness (QED) is 0.337. The van der Waals surface area contributed by atoms with Gasteiger partial charge in [0.25, 0.3) is 0 Å². The Morgan fingerprint density at radius 1 is 1.23 bits per heavy atom. The molecule has 3 rings (SSSR count). The van der Waals surface area contributed by atoms with Gasteiger partial charge in [0.2, 0.25) is 5.91 Å². The van der Waals surface area contributed by atoms with Gasteiger partial charge in [-0.1, -0.05) is 18.7 Å². The second kappa shape index (κ2) is 10.4. The number of ether oxygens (including phenoxy) is 1. The Hall–Kier alpha value is -2.17. The van der Waals surface area contributed by atoms with Crippen LogP contribution in [-0.2, 0) is 22.5 Å². The molecule has 3 heterocycles. The van der Waals surface area contributed by atoms with Crippen LogP contribution in [0.4, 0.5) is 5.00 Å². The third-order valence-electron chi connectivity index (χ3n) is 4.74. The second-order valence-corrected chi connectivity index (χ2v) is 9.91. The Balaban J connectivity index is 1.71. The van der Waals surface area contributed by atoms with Crippen molar-refractivity contribution < 1.29 is 14.3 Å². The SMILES string of the molecule is CCOC(=O)c1c(NC(=O)CSc2nnc(-c3csc(CC)c3)n2CC)sc(C)c1C. The molecule has 0 aliphatic carbocycles. The van der Waals surface area contributed by atoms with Crippen LogP contribution in [-0.4, -0.2) is 39.0 Å². The van der Waals surface area contributed by atoms with Gasteiger partial charge in [0.1, 0.15) is 5.00 Å². The topological polar surface area (TPSA) is 86.1 Å². The summed E-state index contributed by atoms with van der Waals surface area (Å²) in [6.07, 6.45) is 0.988. The maximum absolute atomic E-state index is 12.6. The fraction of sp³-hybridized carbons (Fsp3) is 0.429. The lowest BCUT2D eigenvalue weighted by Crippen LogP contribution is -2.17. The minimum absolute atomic E-state index is 0.167. The molecule has 0 atom stereocenters. The number of esters is 1. The van der Waals surface area contributed by atoms with Crippen molar-refractivity contribution in [1.29, 1.82) is 0 Å². The van der Waals surface area contributed by atoms with Gasteiger partial charge in [-0.2, -0.15) is 0 Å². The number of rotatable bonds is 9. The fourth-order valence-corrected chi connectivity index (χ4v) is 5.71. The number of hydrogen-bond acceptors (Lipinski definition) is 8. The van der Waals surface area contributed by atoms with E-state index in [4.69, 9.17) is 4.74 Å². The van der Waals surface area contributed by atoms with E-state index in [1.807, 2.05) is 25.3 Å². The van der Waals surface area contributed by atoms with E-state index in [1.165, 1.54) is 28.0 Å². The summed E-state index contributed by atoms with van der Waals surface area (Å²) in [5.74, 6) is 0.369. The number of anilines is 1. The number of thiophene rings is 2. The molecule has 0 radical (unpaired) electrons. The third-order valence-corrected chi connectivity index (χ3v) is 7.91. The number of hydrogen-bond donors (Lipinski definition) is 1. The van der Waals surface area contributed by atoms with Crippen LogP contribution in [0.5, 0.6) is 0 Å². The predicted octanol–water partition coefficient (Wildman–Crippen LogP) is 5.17. The number of aryl methyl sites for hydroxylation is 2. The van der Waals surface area contributed by atoms with Gasteiger partial charge in [0, 0.05) is 27.2 Å². The summed E-state index contributed by atoms with van der Waals surface area (Å²) in [5, 5.41) is 14.8. The number of carbonyl (C=O) groups excluding carboxylic acids is 2. The van der Waals surface area contributed by atoms with E-state index < -0.39 is 5.97 Å². The Morgan fingerprint density at radius 3 is 2.65 bits per heavy atom. The maximum atomic E-state index is 12.6. The van der Waals surface area contributed by atoms with E-state index in [9.17, 15) is 9.59 Å². The van der Waals surface area contributed by atoms with Gasteiger partial charge in [0.05, 0.1) is 17.9 Å². The standard InChI is InChI=1S/C21H26N4O3S3/c1-6-15-9-14(10-29-15)18-23-24-21(25(18)7-2)30-11-16(26)22-19-17(20(27)28-8-3)12(4)13(5)31-19/h9-10H,6-8,11H2,1-5H3,(H,22,26). The first kappa shape index (κ1) is 23.5. The summed E-state index contributed by atoms with van der Waals surface area (Å²) in [4.78, 5) is 27.2. The van der Waals surface area contributed by atoms with E-state index in [2.05, 4.69) is 33.9 Å².